The van der Waals surface area contributed by atoms with Gasteiger partial charge in [-0.15, -0.1) is 0 Å². The number of hydrogen-bond donors (Lipinski definition) is 0. The minimum absolute atomic E-state index is 0.0565. The number of nitrogens with zero attached hydrogens (tertiary/aromatic N) is 3. The van der Waals surface area contributed by atoms with E-state index in [0.717, 1.165) is 30.5 Å². The maximum Gasteiger partial charge on any atom is 0.250 e. The van der Waals surface area contributed by atoms with Gasteiger partial charge in [-0.2, -0.15) is 0 Å². The number of oxime groups is 1. The lowest BCUT2D eigenvalue weighted by Crippen LogP contribution is -2.37. The first-order valence-corrected chi connectivity index (χ1v) is 14.4. The number of sulfonamides is 1. The molecule has 0 N–H and O–H groups in total. The zero-order valence-corrected chi connectivity index (χ0v) is 21.9. The van der Waals surface area contributed by atoms with Gasteiger partial charge in [0, 0.05) is 56.7 Å². The number of fused-ring (bicyclic) bond motifs is 2. The third-order valence-electron chi connectivity index (χ3n) is 7.76. The Kier molecular flexibility index (Phi) is 6.74. The van der Waals surface area contributed by atoms with Crippen molar-refractivity contribution < 1.29 is 13.3 Å². The first kappa shape index (κ1) is 24.7. The topological polar surface area (TPSA) is 81.0 Å². The van der Waals surface area contributed by atoms with Crippen LogP contribution in [0.2, 0.25) is 0 Å². The number of rotatable bonds is 4. The summed E-state index contributed by atoms with van der Waals surface area (Å²) in [7, 11) is -1.38. The van der Waals surface area contributed by atoms with E-state index in [1.54, 1.807) is 22.0 Å². The molecule has 1 aromatic carbocycles. The van der Waals surface area contributed by atoms with Crippen molar-refractivity contribution in [2.75, 3.05) is 19.3 Å². The van der Waals surface area contributed by atoms with E-state index in [9.17, 15) is 13.2 Å². The summed E-state index contributed by atoms with van der Waals surface area (Å²) >= 11 is 0. The molecule has 3 heterocycles. The first-order valence-electron chi connectivity index (χ1n) is 12.5. The van der Waals surface area contributed by atoms with Crippen molar-refractivity contribution in [1.29, 1.82) is 0 Å². The van der Waals surface area contributed by atoms with E-state index in [1.807, 2.05) is 12.3 Å². The Labute approximate surface area is 212 Å². The minimum Gasteiger partial charge on any atom is -0.388 e. The van der Waals surface area contributed by atoms with Gasteiger partial charge in [-0.1, -0.05) is 46.6 Å². The number of pyridine rings is 1. The molecule has 1 aromatic heterocycles. The number of hydrogen-bond acceptors (Lipinski definition) is 5. The van der Waals surface area contributed by atoms with Crippen molar-refractivity contribution >= 4 is 15.7 Å². The van der Waals surface area contributed by atoms with Gasteiger partial charge in [-0.3, -0.25) is 4.79 Å². The Bertz CT molecular complexity index is 1400. The monoisotopic (exact) mass is 507 g/mol. The van der Waals surface area contributed by atoms with Crippen LogP contribution in [0.25, 0.3) is 0 Å². The third kappa shape index (κ3) is 5.11. The predicted molar refractivity (Wildman–Crippen MR) is 142 cm³/mol. The second-order valence-corrected chi connectivity index (χ2v) is 12.2. The van der Waals surface area contributed by atoms with Crippen molar-refractivity contribution in [2.24, 2.45) is 12.2 Å². The van der Waals surface area contributed by atoms with Crippen LogP contribution in [0.15, 0.2) is 75.8 Å². The summed E-state index contributed by atoms with van der Waals surface area (Å²) in [5.74, 6) is 0.520. The van der Waals surface area contributed by atoms with E-state index < -0.39 is 10.0 Å². The van der Waals surface area contributed by atoms with Crippen LogP contribution >= 0.6 is 0 Å². The quantitative estimate of drug-likeness (QED) is 0.625. The Hall–Kier alpha value is -2.97. The van der Waals surface area contributed by atoms with Crippen LogP contribution in [0.5, 0.6) is 0 Å². The van der Waals surface area contributed by atoms with E-state index in [-0.39, 0.29) is 17.6 Å². The van der Waals surface area contributed by atoms with Gasteiger partial charge in [-0.25, -0.2) is 12.7 Å². The molecule has 1 fully saturated rings. The molecule has 190 valence electrons. The molecule has 0 amide bonds. The summed E-state index contributed by atoms with van der Waals surface area (Å²) in [6.45, 7) is 3.31. The Morgan fingerprint density at radius 1 is 1.00 bits per heavy atom. The summed E-state index contributed by atoms with van der Waals surface area (Å²) in [5.41, 5.74) is 6.78. The lowest BCUT2D eigenvalue weighted by molar-refractivity contribution is 0.0877. The number of piperidine rings is 1. The Balaban J connectivity index is 1.43. The van der Waals surface area contributed by atoms with Crippen molar-refractivity contribution in [2.45, 2.75) is 50.5 Å². The molecule has 0 saturated carbocycles. The SMILES string of the molecule is CC1=C2CC(C=C1)O/N=C(/c1ccc(=O)n(C)c1)C[C@@H]2c1ccc(C2CCN(S(C)(=O)=O)CC2)cc1. The standard InChI is InChI=1S/C28H33N3O4S/c1-19-4-10-24-16-25(19)26(17-27(29-35-24)23-9-11-28(32)30(2)18-23)22-7-5-20(6-8-22)21-12-14-31(15-13-21)36(3,33)34/h4-11,18,21,24,26H,12-17H2,1-3H3/b29-27+/t24?,26-/m1/s1. The highest BCUT2D eigenvalue weighted by Gasteiger charge is 2.30. The first-order chi connectivity index (χ1) is 17.2. The molecule has 1 saturated heterocycles. The van der Waals surface area contributed by atoms with Gasteiger partial charge >= 0.3 is 0 Å². The van der Waals surface area contributed by atoms with Crippen molar-refractivity contribution in [3.63, 3.8) is 0 Å². The summed E-state index contributed by atoms with van der Waals surface area (Å²) < 4.78 is 26.9. The highest BCUT2D eigenvalue weighted by atomic mass is 32.2. The van der Waals surface area contributed by atoms with Gasteiger partial charge in [0.2, 0.25) is 15.6 Å². The van der Waals surface area contributed by atoms with Crippen molar-refractivity contribution in [1.82, 2.24) is 8.87 Å². The van der Waals surface area contributed by atoms with Gasteiger partial charge < -0.3 is 9.40 Å². The van der Waals surface area contributed by atoms with Crippen molar-refractivity contribution in [3.05, 3.63) is 92.9 Å². The number of aromatic nitrogens is 1. The zero-order chi connectivity index (χ0) is 25.4. The Morgan fingerprint density at radius 2 is 1.69 bits per heavy atom. The summed E-state index contributed by atoms with van der Waals surface area (Å²) in [4.78, 5) is 17.8. The van der Waals surface area contributed by atoms with Gasteiger partial charge in [0.15, 0.2) is 0 Å². The maximum atomic E-state index is 11.9. The molecule has 5 rings (SSSR count). The summed E-state index contributed by atoms with van der Waals surface area (Å²) in [5, 5.41) is 4.54. The van der Waals surface area contributed by atoms with E-state index >= 15 is 0 Å². The molecule has 36 heavy (non-hydrogen) atoms. The van der Waals surface area contributed by atoms with Crippen LogP contribution in [0.3, 0.4) is 0 Å². The fourth-order valence-electron chi connectivity index (χ4n) is 5.55. The fraction of sp³-hybridized carbons (Fsp3) is 0.429. The van der Waals surface area contributed by atoms with Crippen LogP contribution in [0, 0.1) is 0 Å². The highest BCUT2D eigenvalue weighted by Crippen LogP contribution is 2.39. The predicted octanol–water partition coefficient (Wildman–Crippen LogP) is 4.08. The average Bonchev–Trinajstić information content (AvgIpc) is 2.85. The normalized spacial score (nSPS) is 25.0. The minimum atomic E-state index is -3.12. The molecule has 2 aromatic rings. The summed E-state index contributed by atoms with van der Waals surface area (Å²) in [6, 6.07) is 12.2. The molecular formula is C28H33N3O4S. The fourth-order valence-corrected chi connectivity index (χ4v) is 6.43. The maximum absolute atomic E-state index is 11.9. The molecule has 3 aliphatic rings. The van der Waals surface area contributed by atoms with Crippen LogP contribution in [0.4, 0.5) is 0 Å². The lowest BCUT2D eigenvalue weighted by Gasteiger charge is -2.32. The molecule has 8 heteroatoms. The molecule has 1 unspecified atom stereocenters. The molecule has 1 aliphatic carbocycles. The van der Waals surface area contributed by atoms with Crippen LogP contribution in [-0.2, 0) is 21.9 Å². The molecule has 2 aliphatic heterocycles. The highest BCUT2D eigenvalue weighted by molar-refractivity contribution is 7.88. The van der Waals surface area contributed by atoms with Crippen LogP contribution < -0.4 is 5.56 Å². The average molecular weight is 508 g/mol. The van der Waals surface area contributed by atoms with Gasteiger partial charge in [-0.05, 0) is 49.0 Å². The molecular weight excluding hydrogens is 474 g/mol. The third-order valence-corrected chi connectivity index (χ3v) is 9.06. The molecule has 0 radical (unpaired) electrons. The number of benzene rings is 1. The Morgan fingerprint density at radius 3 is 2.36 bits per heavy atom. The van der Waals surface area contributed by atoms with E-state index in [4.69, 9.17) is 4.84 Å². The molecule has 7 nitrogen and oxygen atoms in total. The van der Waals surface area contributed by atoms with E-state index in [2.05, 4.69) is 48.5 Å². The lowest BCUT2D eigenvalue weighted by atomic mass is 9.78. The molecule has 2 atom stereocenters. The number of aryl methyl sites for hydroxylation is 1. The molecule has 2 bridgehead atoms. The van der Waals surface area contributed by atoms with E-state index in [1.165, 1.54) is 28.5 Å². The zero-order valence-electron chi connectivity index (χ0n) is 21.1. The van der Waals surface area contributed by atoms with Gasteiger partial charge in [0.1, 0.15) is 6.10 Å². The number of allylic oxidation sites excluding steroid dienone is 2. The van der Waals surface area contributed by atoms with E-state index in [0.29, 0.717) is 25.4 Å². The molecule has 0 spiro atoms. The summed E-state index contributed by atoms with van der Waals surface area (Å²) in [6.07, 6.45) is 10.4. The van der Waals surface area contributed by atoms with Gasteiger partial charge in [0.05, 0.1) is 12.0 Å². The van der Waals surface area contributed by atoms with Crippen LogP contribution in [-0.4, -0.2) is 48.5 Å². The largest absolute Gasteiger partial charge is 0.388 e. The second-order valence-electron chi connectivity index (χ2n) is 10.2. The smallest absolute Gasteiger partial charge is 0.250 e. The van der Waals surface area contributed by atoms with Gasteiger partial charge in [0.25, 0.3) is 0 Å². The van der Waals surface area contributed by atoms with Crippen molar-refractivity contribution in [3.8, 4) is 0 Å². The second kappa shape index (κ2) is 9.82. The van der Waals surface area contributed by atoms with Crippen LogP contribution in [0.1, 0.15) is 61.1 Å².